The monoisotopic (exact) mass is 542 g/mol. The Hall–Kier alpha value is -4.37. The summed E-state index contributed by atoms with van der Waals surface area (Å²) in [6.45, 7) is 4.77. The van der Waals surface area contributed by atoms with Crippen LogP contribution in [-0.4, -0.2) is 58.9 Å². The van der Waals surface area contributed by atoms with Crippen LogP contribution >= 0.6 is 0 Å². The average molecular weight is 543 g/mol. The zero-order valence-electron chi connectivity index (χ0n) is 22.8. The molecule has 2 aromatic carbocycles. The molecule has 208 valence electrons. The van der Waals surface area contributed by atoms with E-state index in [9.17, 15) is 19.2 Å². The fourth-order valence-corrected chi connectivity index (χ4v) is 4.91. The third-order valence-corrected chi connectivity index (χ3v) is 7.17. The second-order valence-corrected chi connectivity index (χ2v) is 9.80. The van der Waals surface area contributed by atoms with Gasteiger partial charge in [-0.2, -0.15) is 0 Å². The van der Waals surface area contributed by atoms with Crippen molar-refractivity contribution in [2.45, 2.75) is 51.9 Å². The largest absolute Gasteiger partial charge is 0.489 e. The van der Waals surface area contributed by atoms with E-state index in [4.69, 9.17) is 4.74 Å². The number of imide groups is 1. The van der Waals surface area contributed by atoms with Gasteiger partial charge in [-0.15, -0.1) is 0 Å². The third kappa shape index (κ3) is 6.79. The van der Waals surface area contributed by atoms with E-state index in [0.29, 0.717) is 30.6 Å². The molecule has 1 aromatic heterocycles. The molecule has 3 amide bonds. The standard InChI is InChI=1S/C31H34N4O5/c1-22-26(31(39)35(21-37)28(8-5-17-36)30(38)32-2)7-3-9-29(22)40-20-24-12-10-23(11-13-24)18-34-16-14-27-25(19-34)6-4-15-33-27/h3-4,6-7,9-13,15,17,21,28H,5,8,14,16,18-20H2,1-2H3,(H,32,38). The number of aromatic nitrogens is 1. The van der Waals surface area contributed by atoms with E-state index in [-0.39, 0.29) is 18.4 Å². The molecule has 9 heteroatoms. The van der Waals surface area contributed by atoms with Crippen LogP contribution in [0.25, 0.3) is 0 Å². The van der Waals surface area contributed by atoms with Gasteiger partial charge in [-0.3, -0.25) is 29.2 Å². The van der Waals surface area contributed by atoms with E-state index in [1.165, 1.54) is 23.9 Å². The number of carbonyl (C=O) groups excluding carboxylic acids is 4. The summed E-state index contributed by atoms with van der Waals surface area (Å²) in [6, 6.07) is 16.3. The Kier molecular flexibility index (Phi) is 9.75. The molecule has 0 saturated carbocycles. The molecule has 1 N–H and O–H groups in total. The number of pyridine rings is 1. The molecule has 3 aromatic rings. The molecule has 0 fully saturated rings. The minimum atomic E-state index is -1.08. The molecule has 0 radical (unpaired) electrons. The van der Waals surface area contributed by atoms with Crippen molar-refractivity contribution in [3.8, 4) is 5.75 Å². The maximum Gasteiger partial charge on any atom is 0.261 e. The fraction of sp³-hybridized carbons (Fsp3) is 0.323. The summed E-state index contributed by atoms with van der Waals surface area (Å²) in [4.78, 5) is 56.1. The van der Waals surface area contributed by atoms with E-state index in [2.05, 4.69) is 33.4 Å². The van der Waals surface area contributed by atoms with Crippen LogP contribution in [0.15, 0.2) is 60.8 Å². The van der Waals surface area contributed by atoms with Gasteiger partial charge in [-0.05, 0) is 48.2 Å². The van der Waals surface area contributed by atoms with Gasteiger partial charge >= 0.3 is 0 Å². The number of hydrogen-bond acceptors (Lipinski definition) is 7. The number of nitrogens with zero attached hydrogens (tertiary/aromatic N) is 3. The highest BCUT2D eigenvalue weighted by atomic mass is 16.5. The zero-order chi connectivity index (χ0) is 28.5. The maximum atomic E-state index is 13.3. The quantitative estimate of drug-likeness (QED) is 0.350. The van der Waals surface area contributed by atoms with Crippen LogP contribution in [-0.2, 0) is 40.5 Å². The second kappa shape index (κ2) is 13.6. The number of aldehydes is 1. The minimum Gasteiger partial charge on any atom is -0.489 e. The van der Waals surface area contributed by atoms with Gasteiger partial charge in [0.15, 0.2) is 0 Å². The number of likely N-dealkylation sites (N-methyl/N-ethyl adjacent to an activating group) is 1. The first kappa shape index (κ1) is 28.6. The molecule has 0 aliphatic carbocycles. The van der Waals surface area contributed by atoms with E-state index in [1.807, 2.05) is 24.4 Å². The third-order valence-electron chi connectivity index (χ3n) is 7.17. The van der Waals surface area contributed by atoms with Gasteiger partial charge in [0.25, 0.3) is 5.91 Å². The molecule has 4 rings (SSSR count). The molecule has 1 aliphatic heterocycles. The number of carbonyl (C=O) groups is 4. The first-order valence-electron chi connectivity index (χ1n) is 13.3. The average Bonchev–Trinajstić information content (AvgIpc) is 2.98. The highest BCUT2D eigenvalue weighted by molar-refractivity contribution is 6.04. The van der Waals surface area contributed by atoms with Gasteiger partial charge in [0.1, 0.15) is 24.7 Å². The summed E-state index contributed by atoms with van der Waals surface area (Å²) < 4.78 is 6.05. The molecule has 1 atom stereocenters. The van der Waals surface area contributed by atoms with Gasteiger partial charge in [-0.1, -0.05) is 36.4 Å². The first-order valence-corrected chi connectivity index (χ1v) is 13.3. The SMILES string of the molecule is CNC(=O)C(CCC=O)N(C=O)C(=O)c1cccc(OCc2ccc(CN3CCc4ncccc4C3)cc2)c1C. The molecule has 9 nitrogen and oxygen atoms in total. The predicted molar refractivity (Wildman–Crippen MR) is 149 cm³/mol. The molecule has 0 saturated heterocycles. The Morgan fingerprint density at radius 3 is 2.60 bits per heavy atom. The lowest BCUT2D eigenvalue weighted by molar-refractivity contribution is -0.131. The van der Waals surface area contributed by atoms with Gasteiger partial charge in [0, 0.05) is 62.5 Å². The Labute approximate surface area is 234 Å². The number of nitrogens with one attached hydrogen (secondary N) is 1. The van der Waals surface area contributed by atoms with E-state index >= 15 is 0 Å². The lowest BCUT2D eigenvalue weighted by atomic mass is 10.0. The molecule has 1 aliphatic rings. The number of hydrogen-bond donors (Lipinski definition) is 1. The Balaban J connectivity index is 1.39. The summed E-state index contributed by atoms with van der Waals surface area (Å²) in [5, 5.41) is 2.45. The van der Waals surface area contributed by atoms with Crippen molar-refractivity contribution in [1.29, 1.82) is 0 Å². The Bertz CT molecular complexity index is 1360. The highest BCUT2D eigenvalue weighted by Gasteiger charge is 2.30. The van der Waals surface area contributed by atoms with Crippen molar-refractivity contribution >= 4 is 24.5 Å². The van der Waals surface area contributed by atoms with E-state index in [0.717, 1.165) is 36.5 Å². The smallest absolute Gasteiger partial charge is 0.261 e. The zero-order valence-corrected chi connectivity index (χ0v) is 22.8. The lowest BCUT2D eigenvalue weighted by Crippen LogP contribution is -2.48. The van der Waals surface area contributed by atoms with Crippen LogP contribution < -0.4 is 10.1 Å². The normalized spacial score (nSPS) is 13.6. The van der Waals surface area contributed by atoms with Gasteiger partial charge in [0.05, 0.1) is 0 Å². The Morgan fingerprint density at radius 1 is 1.10 bits per heavy atom. The minimum absolute atomic E-state index is 0.0418. The van der Waals surface area contributed by atoms with Crippen LogP contribution in [0, 0.1) is 6.92 Å². The van der Waals surface area contributed by atoms with Gasteiger partial charge < -0.3 is 14.8 Å². The maximum absolute atomic E-state index is 13.3. The highest BCUT2D eigenvalue weighted by Crippen LogP contribution is 2.25. The van der Waals surface area contributed by atoms with Crippen molar-refractivity contribution < 1.29 is 23.9 Å². The Morgan fingerprint density at radius 2 is 1.88 bits per heavy atom. The second-order valence-electron chi connectivity index (χ2n) is 9.80. The summed E-state index contributed by atoms with van der Waals surface area (Å²) in [5.74, 6) is -0.637. The van der Waals surface area contributed by atoms with E-state index in [1.54, 1.807) is 25.1 Å². The van der Waals surface area contributed by atoms with Crippen LogP contribution in [0.1, 0.15) is 51.1 Å². The fourth-order valence-electron chi connectivity index (χ4n) is 4.91. The van der Waals surface area contributed by atoms with Crippen molar-refractivity contribution in [3.05, 3.63) is 94.3 Å². The van der Waals surface area contributed by atoms with Crippen LogP contribution in [0.4, 0.5) is 0 Å². The topological polar surface area (TPSA) is 109 Å². The van der Waals surface area contributed by atoms with Crippen molar-refractivity contribution in [1.82, 2.24) is 20.1 Å². The van der Waals surface area contributed by atoms with Gasteiger partial charge in [0.2, 0.25) is 12.3 Å². The summed E-state index contributed by atoms with van der Waals surface area (Å²) in [7, 11) is 1.42. The summed E-state index contributed by atoms with van der Waals surface area (Å²) in [5.41, 5.74) is 5.48. The van der Waals surface area contributed by atoms with Crippen LogP contribution in [0.2, 0.25) is 0 Å². The molecule has 40 heavy (non-hydrogen) atoms. The number of rotatable bonds is 12. The van der Waals surface area contributed by atoms with Crippen LogP contribution in [0.5, 0.6) is 5.75 Å². The molecule has 1 unspecified atom stereocenters. The van der Waals surface area contributed by atoms with E-state index < -0.39 is 17.9 Å². The summed E-state index contributed by atoms with van der Waals surface area (Å²) in [6.07, 6.45) is 3.88. The number of ether oxygens (including phenoxy) is 1. The predicted octanol–water partition coefficient (Wildman–Crippen LogP) is 3.22. The van der Waals surface area contributed by atoms with Crippen LogP contribution in [0.3, 0.4) is 0 Å². The lowest BCUT2D eigenvalue weighted by Gasteiger charge is -2.28. The molecule has 0 bridgehead atoms. The molecular weight excluding hydrogens is 508 g/mol. The van der Waals surface area contributed by atoms with Crippen molar-refractivity contribution in [2.24, 2.45) is 0 Å². The van der Waals surface area contributed by atoms with Gasteiger partial charge in [-0.25, -0.2) is 0 Å². The van der Waals surface area contributed by atoms with Crippen molar-refractivity contribution in [2.75, 3.05) is 13.6 Å². The first-order chi connectivity index (χ1) is 19.4. The molecule has 2 heterocycles. The molecular formula is C31H34N4O5. The number of amides is 3. The molecule has 0 spiro atoms. The number of fused-ring (bicyclic) bond motifs is 1. The van der Waals surface area contributed by atoms with Crippen molar-refractivity contribution in [3.63, 3.8) is 0 Å². The summed E-state index contributed by atoms with van der Waals surface area (Å²) >= 11 is 0. The number of benzene rings is 2.